The number of aromatic nitrogens is 2. The van der Waals surface area contributed by atoms with Crippen LogP contribution >= 0.6 is 0 Å². The highest BCUT2D eigenvalue weighted by Gasteiger charge is 2.40. The first kappa shape index (κ1) is 16.5. The summed E-state index contributed by atoms with van der Waals surface area (Å²) in [7, 11) is -3.61. The van der Waals surface area contributed by atoms with E-state index in [0.717, 1.165) is 19.3 Å². The lowest BCUT2D eigenvalue weighted by Gasteiger charge is -2.44. The second-order valence-corrected chi connectivity index (χ2v) is 9.31. The monoisotopic (exact) mass is 314 g/mol. The van der Waals surface area contributed by atoms with Crippen LogP contribution in [0.3, 0.4) is 0 Å². The van der Waals surface area contributed by atoms with E-state index in [1.54, 1.807) is 0 Å². The Morgan fingerprint density at radius 2 is 1.90 bits per heavy atom. The molecule has 1 saturated carbocycles. The van der Waals surface area contributed by atoms with Crippen molar-refractivity contribution >= 4 is 10.0 Å². The number of rotatable bonds is 4. The molecule has 0 aliphatic heterocycles. The molecule has 1 aliphatic rings. The van der Waals surface area contributed by atoms with E-state index in [9.17, 15) is 8.42 Å². The largest absolute Gasteiger partial charge is 0.326 e. The zero-order valence-corrected chi connectivity index (χ0v) is 14.0. The van der Waals surface area contributed by atoms with E-state index >= 15 is 0 Å². The van der Waals surface area contributed by atoms with Gasteiger partial charge in [0.15, 0.2) is 5.03 Å². The first-order valence-electron chi connectivity index (χ1n) is 7.29. The van der Waals surface area contributed by atoms with Crippen LogP contribution in [-0.2, 0) is 16.6 Å². The molecule has 120 valence electrons. The maximum absolute atomic E-state index is 12.5. The molecule has 0 aromatic carbocycles. The summed E-state index contributed by atoms with van der Waals surface area (Å²) in [5.41, 5.74) is 6.32. The fourth-order valence-corrected chi connectivity index (χ4v) is 5.26. The lowest BCUT2D eigenvalue weighted by Crippen LogP contribution is -2.46. The predicted octanol–water partition coefficient (Wildman–Crippen LogP) is 1.75. The standard InChI is InChI=1S/C14H26N4O2S/c1-13(2)5-11(6-14(3,4)9-13)18-21(19,20)12-10(7-15)8-16-17-12/h8,11,18H,5-7,9,15H2,1-4H3,(H,16,17). The summed E-state index contributed by atoms with van der Waals surface area (Å²) in [6.07, 6.45) is 4.23. The van der Waals surface area contributed by atoms with Gasteiger partial charge in [-0.15, -0.1) is 0 Å². The van der Waals surface area contributed by atoms with E-state index < -0.39 is 10.0 Å². The lowest BCUT2D eigenvalue weighted by atomic mass is 9.64. The number of nitrogens with two attached hydrogens (primary N) is 1. The number of aromatic amines is 1. The van der Waals surface area contributed by atoms with Crippen molar-refractivity contribution in [1.29, 1.82) is 0 Å². The number of sulfonamides is 1. The minimum absolute atomic E-state index is 0.0670. The van der Waals surface area contributed by atoms with Crippen LogP contribution in [0.1, 0.15) is 52.5 Å². The predicted molar refractivity (Wildman–Crippen MR) is 82.0 cm³/mol. The zero-order valence-electron chi connectivity index (χ0n) is 13.2. The average Bonchev–Trinajstić information content (AvgIpc) is 2.71. The zero-order chi connectivity index (χ0) is 15.9. The summed E-state index contributed by atoms with van der Waals surface area (Å²) < 4.78 is 27.9. The summed E-state index contributed by atoms with van der Waals surface area (Å²) in [5.74, 6) is 0. The Hall–Kier alpha value is -0.920. The van der Waals surface area contributed by atoms with Gasteiger partial charge in [-0.1, -0.05) is 27.7 Å². The van der Waals surface area contributed by atoms with Gasteiger partial charge in [-0.25, -0.2) is 13.1 Å². The number of H-pyrrole nitrogens is 1. The van der Waals surface area contributed by atoms with Gasteiger partial charge in [-0.3, -0.25) is 5.10 Å². The van der Waals surface area contributed by atoms with E-state index in [2.05, 4.69) is 42.6 Å². The molecule has 6 nitrogen and oxygen atoms in total. The minimum atomic E-state index is -3.61. The summed E-state index contributed by atoms with van der Waals surface area (Å²) >= 11 is 0. The third-order valence-corrected chi connectivity index (χ3v) is 5.58. The normalized spacial score (nSPS) is 22.3. The molecule has 1 aliphatic carbocycles. The Labute approximate surface area is 126 Å². The van der Waals surface area contributed by atoms with Crippen LogP contribution in [0.5, 0.6) is 0 Å². The van der Waals surface area contributed by atoms with Gasteiger partial charge in [-0.05, 0) is 30.1 Å². The van der Waals surface area contributed by atoms with Crippen LogP contribution in [0.4, 0.5) is 0 Å². The molecule has 1 heterocycles. The van der Waals surface area contributed by atoms with Gasteiger partial charge in [0, 0.05) is 18.2 Å². The Morgan fingerprint density at radius 3 is 2.43 bits per heavy atom. The van der Waals surface area contributed by atoms with Gasteiger partial charge >= 0.3 is 0 Å². The third kappa shape index (κ3) is 3.84. The molecule has 0 unspecified atom stereocenters. The van der Waals surface area contributed by atoms with Crippen molar-refractivity contribution in [3.05, 3.63) is 11.8 Å². The molecule has 1 fully saturated rings. The number of hydrogen-bond donors (Lipinski definition) is 3. The van der Waals surface area contributed by atoms with Crippen molar-refractivity contribution < 1.29 is 8.42 Å². The molecule has 1 aromatic heterocycles. The summed E-state index contributed by atoms with van der Waals surface area (Å²) in [4.78, 5) is 0. The molecule has 21 heavy (non-hydrogen) atoms. The highest BCUT2D eigenvalue weighted by atomic mass is 32.2. The van der Waals surface area contributed by atoms with Crippen molar-refractivity contribution in [2.75, 3.05) is 0 Å². The molecule has 1 aromatic rings. The molecule has 0 atom stereocenters. The van der Waals surface area contributed by atoms with Crippen molar-refractivity contribution in [2.24, 2.45) is 16.6 Å². The first-order chi connectivity index (χ1) is 9.55. The number of nitrogens with zero attached hydrogens (tertiary/aromatic N) is 1. The molecule has 7 heteroatoms. The topological polar surface area (TPSA) is 101 Å². The molecule has 0 bridgehead atoms. The summed E-state index contributed by atoms with van der Waals surface area (Å²) in [6, 6.07) is -0.0670. The maximum atomic E-state index is 12.5. The van der Waals surface area contributed by atoms with Crippen LogP contribution in [0, 0.1) is 10.8 Å². The van der Waals surface area contributed by atoms with Gasteiger partial charge in [0.2, 0.25) is 0 Å². The first-order valence-corrected chi connectivity index (χ1v) is 8.78. The van der Waals surface area contributed by atoms with Crippen molar-refractivity contribution in [3.8, 4) is 0 Å². The van der Waals surface area contributed by atoms with Gasteiger partial charge in [0.05, 0.1) is 6.20 Å². The van der Waals surface area contributed by atoms with Crippen LogP contribution in [-0.4, -0.2) is 24.7 Å². The van der Waals surface area contributed by atoms with Gasteiger partial charge in [0.1, 0.15) is 0 Å². The van der Waals surface area contributed by atoms with Gasteiger partial charge in [-0.2, -0.15) is 5.10 Å². The Morgan fingerprint density at radius 1 is 1.33 bits per heavy atom. The highest BCUT2D eigenvalue weighted by Crippen LogP contribution is 2.45. The Bertz CT molecular complexity index is 588. The van der Waals surface area contributed by atoms with E-state index in [4.69, 9.17) is 5.73 Å². The highest BCUT2D eigenvalue weighted by molar-refractivity contribution is 7.89. The third-order valence-electron chi connectivity index (χ3n) is 4.04. The van der Waals surface area contributed by atoms with Crippen LogP contribution in [0.15, 0.2) is 11.2 Å². The molecule has 0 spiro atoms. The smallest absolute Gasteiger partial charge is 0.258 e. The fourth-order valence-electron chi connectivity index (χ4n) is 3.89. The van der Waals surface area contributed by atoms with Crippen molar-refractivity contribution in [3.63, 3.8) is 0 Å². The summed E-state index contributed by atoms with van der Waals surface area (Å²) in [5, 5.41) is 6.42. The van der Waals surface area contributed by atoms with E-state index in [-0.39, 0.29) is 28.4 Å². The second-order valence-electron chi connectivity index (χ2n) is 7.66. The lowest BCUT2D eigenvalue weighted by molar-refractivity contribution is 0.0934. The molecular weight excluding hydrogens is 288 g/mol. The number of hydrogen-bond acceptors (Lipinski definition) is 4. The van der Waals surface area contributed by atoms with Crippen molar-refractivity contribution in [2.45, 2.75) is 64.6 Å². The quantitative estimate of drug-likeness (QED) is 0.788. The molecular formula is C14H26N4O2S. The minimum Gasteiger partial charge on any atom is -0.326 e. The summed E-state index contributed by atoms with van der Waals surface area (Å²) in [6.45, 7) is 8.91. The Balaban J connectivity index is 2.21. The molecule has 0 amide bonds. The average molecular weight is 314 g/mol. The molecule has 4 N–H and O–H groups in total. The SMILES string of the molecule is CC1(C)CC(NS(=O)(=O)c2[nH]ncc2CN)CC(C)(C)C1. The molecule has 0 radical (unpaired) electrons. The van der Waals surface area contributed by atoms with Crippen LogP contribution < -0.4 is 10.5 Å². The van der Waals surface area contributed by atoms with E-state index in [1.165, 1.54) is 6.20 Å². The maximum Gasteiger partial charge on any atom is 0.258 e. The van der Waals surface area contributed by atoms with Gasteiger partial charge < -0.3 is 5.73 Å². The Kier molecular flexibility index (Phi) is 4.21. The van der Waals surface area contributed by atoms with E-state index in [1.807, 2.05) is 0 Å². The van der Waals surface area contributed by atoms with Gasteiger partial charge in [0.25, 0.3) is 10.0 Å². The van der Waals surface area contributed by atoms with E-state index in [0.29, 0.717) is 5.56 Å². The van der Waals surface area contributed by atoms with Crippen LogP contribution in [0.25, 0.3) is 0 Å². The number of nitrogens with one attached hydrogen (secondary N) is 2. The van der Waals surface area contributed by atoms with Crippen molar-refractivity contribution in [1.82, 2.24) is 14.9 Å². The molecule has 0 saturated heterocycles. The van der Waals surface area contributed by atoms with Crippen LogP contribution in [0.2, 0.25) is 0 Å². The fraction of sp³-hybridized carbons (Fsp3) is 0.786. The second kappa shape index (κ2) is 5.37. The molecule has 2 rings (SSSR count).